The van der Waals surface area contributed by atoms with E-state index in [-0.39, 0.29) is 0 Å². The summed E-state index contributed by atoms with van der Waals surface area (Å²) in [6, 6.07) is 8.88. The molecule has 3 heteroatoms. The summed E-state index contributed by atoms with van der Waals surface area (Å²) in [4.78, 5) is 0. The molecule has 14 heavy (non-hydrogen) atoms. The third-order valence-electron chi connectivity index (χ3n) is 2.54. The second-order valence-electron chi connectivity index (χ2n) is 3.83. The summed E-state index contributed by atoms with van der Waals surface area (Å²) in [5.74, 6) is 1.00. The van der Waals surface area contributed by atoms with Crippen LogP contribution in [-0.4, -0.2) is 12.1 Å². The largest absolute Gasteiger partial charge is 0.490 e. The SMILES string of the molecule is Cc1cccc(O[C@H]2C[C@H](NI)C2)c1. The van der Waals surface area contributed by atoms with Crippen molar-refractivity contribution in [2.24, 2.45) is 0 Å². The Labute approximate surface area is 98.5 Å². The van der Waals surface area contributed by atoms with Gasteiger partial charge in [-0.05, 0) is 24.6 Å². The molecule has 2 rings (SSSR count). The maximum Gasteiger partial charge on any atom is 0.119 e. The lowest BCUT2D eigenvalue weighted by Gasteiger charge is -2.34. The van der Waals surface area contributed by atoms with Gasteiger partial charge in [-0.15, -0.1) is 0 Å². The summed E-state index contributed by atoms with van der Waals surface area (Å²) in [5.41, 5.74) is 1.25. The van der Waals surface area contributed by atoms with Crippen LogP contribution >= 0.6 is 22.9 Å². The van der Waals surface area contributed by atoms with Gasteiger partial charge in [-0.1, -0.05) is 12.1 Å². The maximum atomic E-state index is 5.82. The average molecular weight is 303 g/mol. The fourth-order valence-electron chi connectivity index (χ4n) is 1.63. The second-order valence-corrected chi connectivity index (χ2v) is 4.46. The minimum absolute atomic E-state index is 0.407. The Hall–Kier alpha value is -0.290. The van der Waals surface area contributed by atoms with Crippen molar-refractivity contribution in [1.29, 1.82) is 0 Å². The lowest BCUT2D eigenvalue weighted by Crippen LogP contribution is -2.43. The van der Waals surface area contributed by atoms with Gasteiger partial charge in [-0.2, -0.15) is 0 Å². The minimum atomic E-state index is 0.407. The molecule has 1 aromatic rings. The van der Waals surface area contributed by atoms with Gasteiger partial charge < -0.3 is 4.74 Å². The van der Waals surface area contributed by atoms with Gasteiger partial charge in [0.2, 0.25) is 0 Å². The quantitative estimate of drug-likeness (QED) is 0.685. The van der Waals surface area contributed by atoms with E-state index in [1.165, 1.54) is 5.56 Å². The van der Waals surface area contributed by atoms with Gasteiger partial charge in [-0.25, -0.2) is 0 Å². The van der Waals surface area contributed by atoms with E-state index in [0.717, 1.165) is 18.6 Å². The van der Waals surface area contributed by atoms with Crippen LogP contribution in [0, 0.1) is 6.92 Å². The molecule has 1 saturated carbocycles. The summed E-state index contributed by atoms with van der Waals surface area (Å²) >= 11 is 2.21. The third-order valence-corrected chi connectivity index (χ3v) is 3.42. The van der Waals surface area contributed by atoms with Crippen LogP contribution in [0.15, 0.2) is 24.3 Å². The van der Waals surface area contributed by atoms with Crippen molar-refractivity contribution in [2.75, 3.05) is 0 Å². The van der Waals surface area contributed by atoms with Crippen molar-refractivity contribution in [3.05, 3.63) is 29.8 Å². The lowest BCUT2D eigenvalue weighted by molar-refractivity contribution is 0.0973. The van der Waals surface area contributed by atoms with Crippen molar-refractivity contribution in [1.82, 2.24) is 3.53 Å². The summed E-state index contributed by atoms with van der Waals surface area (Å²) in [6.45, 7) is 2.09. The highest BCUT2D eigenvalue weighted by molar-refractivity contribution is 14.1. The Kier molecular flexibility index (Phi) is 3.28. The van der Waals surface area contributed by atoms with Crippen LogP contribution in [0.3, 0.4) is 0 Å². The Morgan fingerprint density at radius 3 is 2.86 bits per heavy atom. The highest BCUT2D eigenvalue weighted by Gasteiger charge is 2.29. The van der Waals surface area contributed by atoms with Crippen LogP contribution in [-0.2, 0) is 0 Å². The van der Waals surface area contributed by atoms with Crippen LogP contribution < -0.4 is 8.27 Å². The van der Waals surface area contributed by atoms with E-state index >= 15 is 0 Å². The molecule has 0 bridgehead atoms. The Bertz CT molecular complexity index is 310. The molecule has 0 aromatic heterocycles. The number of benzene rings is 1. The molecule has 0 radical (unpaired) electrons. The summed E-state index contributed by atoms with van der Waals surface area (Å²) in [5, 5.41) is 0. The van der Waals surface area contributed by atoms with E-state index in [1.54, 1.807) is 0 Å². The number of aryl methyl sites for hydroxylation is 1. The molecule has 1 aliphatic rings. The molecular formula is C11H14INO. The molecule has 0 heterocycles. The highest BCUT2D eigenvalue weighted by atomic mass is 127. The summed E-state index contributed by atoms with van der Waals surface area (Å²) in [7, 11) is 0. The normalized spacial score (nSPS) is 25.6. The number of ether oxygens (including phenoxy) is 1. The van der Waals surface area contributed by atoms with Crippen LogP contribution in [0.1, 0.15) is 18.4 Å². The van der Waals surface area contributed by atoms with Crippen molar-refractivity contribution in [3.8, 4) is 5.75 Å². The zero-order chi connectivity index (χ0) is 9.97. The molecule has 2 nitrogen and oxygen atoms in total. The number of hydrogen-bond acceptors (Lipinski definition) is 2. The zero-order valence-corrected chi connectivity index (χ0v) is 10.3. The van der Waals surface area contributed by atoms with Crippen LogP contribution in [0.25, 0.3) is 0 Å². The Morgan fingerprint density at radius 2 is 2.21 bits per heavy atom. The van der Waals surface area contributed by atoms with E-state index in [2.05, 4.69) is 45.5 Å². The number of rotatable bonds is 3. The number of nitrogens with one attached hydrogen (secondary N) is 1. The Morgan fingerprint density at radius 1 is 1.43 bits per heavy atom. The summed E-state index contributed by atoms with van der Waals surface area (Å²) in [6.07, 6.45) is 2.65. The first-order chi connectivity index (χ1) is 6.78. The van der Waals surface area contributed by atoms with E-state index < -0.39 is 0 Å². The third kappa shape index (κ3) is 2.39. The number of halogens is 1. The first-order valence-electron chi connectivity index (χ1n) is 4.87. The molecule has 76 valence electrons. The van der Waals surface area contributed by atoms with E-state index in [0.29, 0.717) is 12.1 Å². The molecule has 1 N–H and O–H groups in total. The molecule has 0 amide bonds. The first-order valence-corrected chi connectivity index (χ1v) is 5.95. The lowest BCUT2D eigenvalue weighted by atomic mass is 9.90. The second kappa shape index (κ2) is 4.49. The van der Waals surface area contributed by atoms with Gasteiger partial charge >= 0.3 is 0 Å². The molecule has 0 saturated heterocycles. The van der Waals surface area contributed by atoms with Crippen LogP contribution in [0.4, 0.5) is 0 Å². The standard InChI is InChI=1S/C11H14INO/c1-8-3-2-4-10(5-8)14-11-6-9(7-11)13-12/h2-5,9,11,13H,6-7H2,1H3/t9-,11-. The van der Waals surface area contributed by atoms with Crippen molar-refractivity contribution in [3.63, 3.8) is 0 Å². The molecule has 0 spiro atoms. The molecule has 0 aliphatic heterocycles. The molecule has 1 aromatic carbocycles. The minimum Gasteiger partial charge on any atom is -0.490 e. The van der Waals surface area contributed by atoms with E-state index in [1.807, 2.05) is 12.1 Å². The van der Waals surface area contributed by atoms with Crippen molar-refractivity contribution < 1.29 is 4.74 Å². The number of hydrogen-bond donors (Lipinski definition) is 1. The van der Waals surface area contributed by atoms with Crippen molar-refractivity contribution in [2.45, 2.75) is 31.9 Å². The molecule has 0 atom stereocenters. The molecular weight excluding hydrogens is 289 g/mol. The topological polar surface area (TPSA) is 21.3 Å². The van der Waals surface area contributed by atoms with Gasteiger partial charge in [0.15, 0.2) is 0 Å². The maximum absolute atomic E-state index is 5.82. The van der Waals surface area contributed by atoms with Gasteiger partial charge in [0, 0.05) is 41.7 Å². The average Bonchev–Trinajstić information content (AvgIpc) is 2.10. The highest BCUT2D eigenvalue weighted by Crippen LogP contribution is 2.26. The van der Waals surface area contributed by atoms with E-state index in [4.69, 9.17) is 4.74 Å². The van der Waals surface area contributed by atoms with Gasteiger partial charge in [0.25, 0.3) is 0 Å². The first kappa shape index (κ1) is 10.2. The van der Waals surface area contributed by atoms with Gasteiger partial charge in [0.05, 0.1) is 0 Å². The molecule has 1 aliphatic carbocycles. The Balaban J connectivity index is 1.87. The smallest absolute Gasteiger partial charge is 0.119 e. The summed E-state index contributed by atoms with van der Waals surface area (Å²) < 4.78 is 9.04. The predicted octanol–water partition coefficient (Wildman–Crippen LogP) is 2.84. The van der Waals surface area contributed by atoms with Crippen LogP contribution in [0.2, 0.25) is 0 Å². The zero-order valence-electron chi connectivity index (χ0n) is 8.16. The van der Waals surface area contributed by atoms with Gasteiger partial charge in [0.1, 0.15) is 11.9 Å². The van der Waals surface area contributed by atoms with Crippen molar-refractivity contribution >= 4 is 22.9 Å². The molecule has 0 unspecified atom stereocenters. The monoisotopic (exact) mass is 303 g/mol. The van der Waals surface area contributed by atoms with E-state index in [9.17, 15) is 0 Å². The van der Waals surface area contributed by atoms with Crippen LogP contribution in [0.5, 0.6) is 5.75 Å². The fourth-order valence-corrected chi connectivity index (χ4v) is 2.14. The van der Waals surface area contributed by atoms with Gasteiger partial charge in [-0.3, -0.25) is 3.53 Å². The predicted molar refractivity (Wildman–Crippen MR) is 65.8 cm³/mol. The molecule has 1 fully saturated rings. The fraction of sp³-hybridized carbons (Fsp3) is 0.455.